The molecule has 14 heavy (non-hydrogen) atoms. The molecule has 0 aliphatic rings. The number of allylic oxidation sites excluding steroid dienone is 1. The Kier molecular flexibility index (Phi) is 5.50. The zero-order valence-corrected chi connectivity index (χ0v) is 8.73. The van der Waals surface area contributed by atoms with E-state index in [1.807, 2.05) is 0 Å². The van der Waals surface area contributed by atoms with E-state index in [9.17, 15) is 13.2 Å². The van der Waals surface area contributed by atoms with Gasteiger partial charge in [0.25, 0.3) is 0 Å². The van der Waals surface area contributed by atoms with Crippen LogP contribution in [0.2, 0.25) is 0 Å². The quantitative estimate of drug-likeness (QED) is 0.493. The van der Waals surface area contributed by atoms with Crippen molar-refractivity contribution in [3.05, 3.63) is 12.2 Å². The average Bonchev–Trinajstić information content (AvgIpc) is 2.09. The monoisotopic (exact) mass is 207 g/mol. The molecule has 0 aromatic carbocycles. The normalized spacial score (nSPS) is 16.3. The number of hydrogen-bond donors (Lipinski definition) is 0. The average molecular weight is 207 g/mol. The van der Waals surface area contributed by atoms with Crippen LogP contribution in [0.25, 0.3) is 0 Å². The minimum Gasteiger partial charge on any atom is -0.280 e. The Morgan fingerprint density at radius 1 is 1.43 bits per heavy atom. The molecule has 1 unspecified atom stereocenters. The summed E-state index contributed by atoms with van der Waals surface area (Å²) >= 11 is 0. The highest BCUT2D eigenvalue weighted by Crippen LogP contribution is 2.24. The zero-order chi connectivity index (χ0) is 11.2. The molecule has 1 nitrogen and oxygen atoms in total. The molecular formula is C10H16F3N. The first kappa shape index (κ1) is 13.2. The molecule has 0 bridgehead atoms. The molecular weight excluding hydrogens is 191 g/mol. The molecule has 0 fully saturated rings. The van der Waals surface area contributed by atoms with Crippen molar-refractivity contribution in [3.8, 4) is 0 Å². The van der Waals surface area contributed by atoms with Crippen molar-refractivity contribution in [1.82, 2.24) is 0 Å². The molecule has 0 saturated carbocycles. The highest BCUT2D eigenvalue weighted by atomic mass is 19.4. The molecule has 0 aromatic heterocycles. The molecule has 0 saturated heterocycles. The first-order valence-corrected chi connectivity index (χ1v) is 4.66. The molecule has 0 aliphatic carbocycles. The lowest BCUT2D eigenvalue weighted by molar-refractivity contribution is -0.0628. The maximum atomic E-state index is 12.4. The lowest BCUT2D eigenvalue weighted by Gasteiger charge is -2.15. The van der Waals surface area contributed by atoms with Gasteiger partial charge in [-0.15, -0.1) is 0 Å². The molecule has 0 rings (SSSR count). The smallest absolute Gasteiger partial charge is 0.280 e. The van der Waals surface area contributed by atoms with E-state index in [0.717, 1.165) is 0 Å². The lowest BCUT2D eigenvalue weighted by Crippen LogP contribution is -2.29. The largest absolute Gasteiger partial charge is 0.429 e. The Morgan fingerprint density at radius 2 is 2.00 bits per heavy atom. The van der Waals surface area contributed by atoms with Crippen LogP contribution in [-0.4, -0.2) is 18.4 Å². The van der Waals surface area contributed by atoms with Crippen LogP contribution in [0.4, 0.5) is 13.2 Å². The van der Waals surface area contributed by atoms with E-state index >= 15 is 0 Å². The fourth-order valence-corrected chi connectivity index (χ4v) is 0.975. The summed E-state index contributed by atoms with van der Waals surface area (Å²) in [5.74, 6) is -0.528. The van der Waals surface area contributed by atoms with E-state index in [1.54, 1.807) is 32.9 Å². The highest BCUT2D eigenvalue weighted by Gasteiger charge is 2.37. The Hall–Kier alpha value is -0.800. The number of rotatable bonds is 4. The Balaban J connectivity index is 4.63. The number of aliphatic imine (C=N–C) groups is 1. The van der Waals surface area contributed by atoms with E-state index in [4.69, 9.17) is 0 Å². The van der Waals surface area contributed by atoms with E-state index in [1.165, 1.54) is 0 Å². The third kappa shape index (κ3) is 4.44. The Morgan fingerprint density at radius 3 is 2.36 bits per heavy atom. The van der Waals surface area contributed by atoms with Crippen molar-refractivity contribution >= 4 is 5.71 Å². The van der Waals surface area contributed by atoms with E-state index in [-0.39, 0.29) is 6.54 Å². The number of halogens is 3. The van der Waals surface area contributed by atoms with Gasteiger partial charge in [-0.05, 0) is 13.3 Å². The first-order valence-electron chi connectivity index (χ1n) is 4.66. The van der Waals surface area contributed by atoms with Gasteiger partial charge in [0.05, 0.1) is 6.54 Å². The number of alkyl halides is 3. The summed E-state index contributed by atoms with van der Waals surface area (Å²) in [4.78, 5) is 3.56. The van der Waals surface area contributed by atoms with Gasteiger partial charge in [0.1, 0.15) is 5.71 Å². The van der Waals surface area contributed by atoms with Crippen molar-refractivity contribution in [3.63, 3.8) is 0 Å². The van der Waals surface area contributed by atoms with Crippen LogP contribution in [-0.2, 0) is 0 Å². The summed E-state index contributed by atoms with van der Waals surface area (Å²) in [5, 5.41) is 0. The van der Waals surface area contributed by atoms with Gasteiger partial charge in [-0.2, -0.15) is 13.2 Å². The van der Waals surface area contributed by atoms with Crippen molar-refractivity contribution in [2.24, 2.45) is 10.9 Å². The van der Waals surface area contributed by atoms with Crippen molar-refractivity contribution < 1.29 is 13.2 Å². The third-order valence-electron chi connectivity index (χ3n) is 1.97. The molecule has 0 radical (unpaired) electrons. The third-order valence-corrected chi connectivity index (χ3v) is 1.97. The van der Waals surface area contributed by atoms with Gasteiger partial charge in [-0.1, -0.05) is 26.0 Å². The summed E-state index contributed by atoms with van der Waals surface area (Å²) in [7, 11) is 0. The van der Waals surface area contributed by atoms with Crippen LogP contribution < -0.4 is 0 Å². The summed E-state index contributed by atoms with van der Waals surface area (Å²) < 4.78 is 37.3. The molecule has 82 valence electrons. The summed E-state index contributed by atoms with van der Waals surface area (Å²) in [6.07, 6.45) is -0.548. The minimum absolute atomic E-state index is 0.107. The summed E-state index contributed by atoms with van der Waals surface area (Å²) in [6.45, 7) is 5.13. The minimum atomic E-state index is -4.29. The topological polar surface area (TPSA) is 12.4 Å². The number of nitrogens with zero attached hydrogens (tertiary/aromatic N) is 1. The van der Waals surface area contributed by atoms with Gasteiger partial charge in [-0.25, -0.2) is 0 Å². The standard InChI is InChI=1S/C10H16F3N/c1-4-6-7-14-9(8(3)5-2)10(11,12)13/h4,6,8H,5,7H2,1-3H3. The van der Waals surface area contributed by atoms with E-state index in [2.05, 4.69) is 4.99 Å². The summed E-state index contributed by atoms with van der Waals surface area (Å²) in [6, 6.07) is 0. The van der Waals surface area contributed by atoms with Gasteiger partial charge in [0.15, 0.2) is 0 Å². The highest BCUT2D eigenvalue weighted by molar-refractivity contribution is 5.91. The second kappa shape index (κ2) is 5.83. The fourth-order valence-electron chi connectivity index (χ4n) is 0.975. The van der Waals surface area contributed by atoms with E-state index in [0.29, 0.717) is 6.42 Å². The second-order valence-electron chi connectivity index (χ2n) is 3.10. The van der Waals surface area contributed by atoms with Crippen LogP contribution in [0.1, 0.15) is 27.2 Å². The molecule has 0 N–H and O–H groups in total. The van der Waals surface area contributed by atoms with Crippen molar-refractivity contribution in [2.75, 3.05) is 6.54 Å². The molecule has 1 atom stereocenters. The SMILES string of the molecule is CC=CCN=C(C(C)CC)C(F)(F)F. The lowest BCUT2D eigenvalue weighted by atomic mass is 10.0. The molecule has 0 amide bonds. The van der Waals surface area contributed by atoms with Crippen LogP contribution in [0, 0.1) is 5.92 Å². The van der Waals surface area contributed by atoms with Gasteiger partial charge in [0.2, 0.25) is 0 Å². The molecule has 0 aliphatic heterocycles. The fraction of sp³-hybridized carbons (Fsp3) is 0.700. The van der Waals surface area contributed by atoms with Crippen LogP contribution in [0.5, 0.6) is 0 Å². The van der Waals surface area contributed by atoms with Gasteiger partial charge >= 0.3 is 6.18 Å². The van der Waals surface area contributed by atoms with Crippen LogP contribution >= 0.6 is 0 Å². The van der Waals surface area contributed by atoms with Crippen LogP contribution in [0.3, 0.4) is 0 Å². The van der Waals surface area contributed by atoms with Crippen LogP contribution in [0.15, 0.2) is 17.1 Å². The molecule has 0 heterocycles. The van der Waals surface area contributed by atoms with Gasteiger partial charge in [0, 0.05) is 5.92 Å². The predicted octanol–water partition coefficient (Wildman–Crippen LogP) is 3.61. The van der Waals surface area contributed by atoms with Gasteiger partial charge in [-0.3, -0.25) is 4.99 Å². The molecule has 4 heteroatoms. The molecule has 0 aromatic rings. The van der Waals surface area contributed by atoms with E-state index < -0.39 is 17.8 Å². The maximum Gasteiger partial charge on any atom is 0.429 e. The Bertz CT molecular complexity index is 216. The summed E-state index contributed by atoms with van der Waals surface area (Å²) in [5.41, 5.74) is -0.655. The van der Waals surface area contributed by atoms with Gasteiger partial charge < -0.3 is 0 Å². The number of hydrogen-bond acceptors (Lipinski definition) is 1. The zero-order valence-electron chi connectivity index (χ0n) is 8.73. The Labute approximate surface area is 82.7 Å². The predicted molar refractivity (Wildman–Crippen MR) is 52.6 cm³/mol. The first-order chi connectivity index (χ1) is 6.43. The van der Waals surface area contributed by atoms with Crippen molar-refractivity contribution in [2.45, 2.75) is 33.4 Å². The molecule has 0 spiro atoms. The van der Waals surface area contributed by atoms with Crippen molar-refractivity contribution in [1.29, 1.82) is 0 Å². The maximum absolute atomic E-state index is 12.4. The second-order valence-corrected chi connectivity index (χ2v) is 3.10.